The number of hydrogen-bond donors (Lipinski definition) is 3. The number of aliphatic hydroxyl groups excluding tert-OH is 1. The fourth-order valence-electron chi connectivity index (χ4n) is 3.45. The Kier molecular flexibility index (Phi) is 5.64. The van der Waals surface area contributed by atoms with E-state index in [1.165, 1.54) is 25.7 Å². The first-order valence-corrected chi connectivity index (χ1v) is 7.81. The molecule has 0 spiro atoms. The normalized spacial score (nSPS) is 31.2. The van der Waals surface area contributed by atoms with Gasteiger partial charge in [0.25, 0.3) is 0 Å². The molecule has 0 aliphatic carbocycles. The SMILES string of the molecule is CC(CO)CCCNC(=O)CC1CC2CCC(C1)N2. The van der Waals surface area contributed by atoms with Gasteiger partial charge in [0.1, 0.15) is 0 Å². The minimum Gasteiger partial charge on any atom is -0.396 e. The minimum absolute atomic E-state index is 0.211. The van der Waals surface area contributed by atoms with E-state index in [2.05, 4.69) is 10.6 Å². The number of fused-ring (bicyclic) bond motifs is 2. The molecule has 2 saturated heterocycles. The van der Waals surface area contributed by atoms with Gasteiger partial charge < -0.3 is 15.7 Å². The van der Waals surface area contributed by atoms with Gasteiger partial charge in [-0.15, -0.1) is 0 Å². The maximum absolute atomic E-state index is 11.9. The van der Waals surface area contributed by atoms with Crippen LogP contribution in [0.15, 0.2) is 0 Å². The molecule has 2 fully saturated rings. The van der Waals surface area contributed by atoms with Crippen LogP contribution in [0.1, 0.15) is 51.9 Å². The minimum atomic E-state index is 0.211. The molecule has 0 aromatic rings. The van der Waals surface area contributed by atoms with E-state index < -0.39 is 0 Å². The second-order valence-electron chi connectivity index (χ2n) is 6.46. The number of rotatable bonds is 7. The molecule has 19 heavy (non-hydrogen) atoms. The quantitative estimate of drug-likeness (QED) is 0.612. The zero-order valence-electron chi connectivity index (χ0n) is 12.0. The largest absolute Gasteiger partial charge is 0.396 e. The van der Waals surface area contributed by atoms with Crippen LogP contribution in [0.5, 0.6) is 0 Å². The Morgan fingerprint density at radius 1 is 1.37 bits per heavy atom. The number of piperidine rings is 1. The molecule has 0 saturated carbocycles. The molecule has 2 rings (SSSR count). The van der Waals surface area contributed by atoms with Crippen molar-refractivity contribution in [2.45, 2.75) is 64.0 Å². The van der Waals surface area contributed by atoms with E-state index in [0.29, 0.717) is 30.3 Å². The van der Waals surface area contributed by atoms with Gasteiger partial charge in [0.2, 0.25) is 5.91 Å². The van der Waals surface area contributed by atoms with Gasteiger partial charge in [0.05, 0.1) is 0 Å². The molecule has 0 radical (unpaired) electrons. The summed E-state index contributed by atoms with van der Waals surface area (Å²) in [5.74, 6) is 1.13. The fourth-order valence-corrected chi connectivity index (χ4v) is 3.45. The summed E-state index contributed by atoms with van der Waals surface area (Å²) in [6, 6.07) is 1.34. The van der Waals surface area contributed by atoms with Gasteiger partial charge in [-0.2, -0.15) is 0 Å². The molecule has 2 aliphatic heterocycles. The molecule has 3 atom stereocenters. The highest BCUT2D eigenvalue weighted by atomic mass is 16.3. The molecule has 3 unspecified atom stereocenters. The molecular formula is C15H28N2O2. The van der Waals surface area contributed by atoms with Crippen molar-refractivity contribution < 1.29 is 9.90 Å². The lowest BCUT2D eigenvalue weighted by Gasteiger charge is -2.28. The molecule has 2 heterocycles. The predicted octanol–water partition coefficient (Wildman–Crippen LogP) is 1.43. The fraction of sp³-hybridized carbons (Fsp3) is 0.933. The molecule has 0 aromatic carbocycles. The summed E-state index contributed by atoms with van der Waals surface area (Å²) in [6.45, 7) is 3.03. The van der Waals surface area contributed by atoms with Crippen LogP contribution in [0.3, 0.4) is 0 Å². The molecule has 2 aliphatic rings. The Morgan fingerprint density at radius 3 is 2.68 bits per heavy atom. The topological polar surface area (TPSA) is 61.4 Å². The lowest BCUT2D eigenvalue weighted by Crippen LogP contribution is -2.39. The summed E-state index contributed by atoms with van der Waals surface area (Å²) in [5.41, 5.74) is 0. The number of nitrogens with one attached hydrogen (secondary N) is 2. The van der Waals surface area contributed by atoms with Gasteiger partial charge in [0.15, 0.2) is 0 Å². The van der Waals surface area contributed by atoms with E-state index in [1.807, 2.05) is 6.92 Å². The van der Waals surface area contributed by atoms with Crippen molar-refractivity contribution in [3.8, 4) is 0 Å². The van der Waals surface area contributed by atoms with Crippen LogP contribution in [0.4, 0.5) is 0 Å². The third kappa shape index (κ3) is 4.77. The predicted molar refractivity (Wildman–Crippen MR) is 75.8 cm³/mol. The van der Waals surface area contributed by atoms with Crippen molar-refractivity contribution in [1.29, 1.82) is 0 Å². The number of hydrogen-bond acceptors (Lipinski definition) is 3. The average molecular weight is 268 g/mol. The maximum Gasteiger partial charge on any atom is 0.220 e. The highest BCUT2D eigenvalue weighted by Gasteiger charge is 2.33. The molecule has 3 N–H and O–H groups in total. The third-order valence-corrected chi connectivity index (χ3v) is 4.55. The molecular weight excluding hydrogens is 240 g/mol. The van der Waals surface area contributed by atoms with Crippen molar-refractivity contribution in [3.63, 3.8) is 0 Å². The monoisotopic (exact) mass is 268 g/mol. The van der Waals surface area contributed by atoms with Crippen molar-refractivity contribution in [1.82, 2.24) is 10.6 Å². The third-order valence-electron chi connectivity index (χ3n) is 4.55. The van der Waals surface area contributed by atoms with Crippen LogP contribution < -0.4 is 10.6 Å². The molecule has 1 amide bonds. The zero-order valence-corrected chi connectivity index (χ0v) is 12.0. The first-order valence-electron chi connectivity index (χ1n) is 7.81. The molecule has 110 valence electrons. The summed E-state index contributed by atoms with van der Waals surface area (Å²) in [7, 11) is 0. The summed E-state index contributed by atoms with van der Waals surface area (Å²) >= 11 is 0. The number of carbonyl (C=O) groups excluding carboxylic acids is 1. The molecule has 4 heteroatoms. The summed E-state index contributed by atoms with van der Waals surface area (Å²) < 4.78 is 0. The second-order valence-corrected chi connectivity index (χ2v) is 6.46. The smallest absolute Gasteiger partial charge is 0.220 e. The van der Waals surface area contributed by atoms with Crippen LogP contribution in [-0.2, 0) is 4.79 Å². The van der Waals surface area contributed by atoms with E-state index >= 15 is 0 Å². The van der Waals surface area contributed by atoms with E-state index in [9.17, 15) is 4.79 Å². The van der Waals surface area contributed by atoms with Crippen LogP contribution in [0.25, 0.3) is 0 Å². The lowest BCUT2D eigenvalue weighted by molar-refractivity contribution is -0.122. The Balaban J connectivity index is 1.57. The highest BCUT2D eigenvalue weighted by Crippen LogP contribution is 2.32. The Bertz CT molecular complexity index is 284. The number of amides is 1. The van der Waals surface area contributed by atoms with Gasteiger partial charge in [-0.25, -0.2) is 0 Å². The van der Waals surface area contributed by atoms with Crippen molar-refractivity contribution in [2.24, 2.45) is 11.8 Å². The molecule has 2 bridgehead atoms. The maximum atomic E-state index is 11.9. The van der Waals surface area contributed by atoms with Gasteiger partial charge in [-0.05, 0) is 50.4 Å². The van der Waals surface area contributed by atoms with Crippen LogP contribution in [0.2, 0.25) is 0 Å². The van der Waals surface area contributed by atoms with Gasteiger partial charge in [0, 0.05) is 31.7 Å². The van der Waals surface area contributed by atoms with Gasteiger partial charge >= 0.3 is 0 Å². The summed E-state index contributed by atoms with van der Waals surface area (Å²) in [4.78, 5) is 11.9. The summed E-state index contributed by atoms with van der Waals surface area (Å²) in [5, 5.41) is 15.5. The molecule has 4 nitrogen and oxygen atoms in total. The summed E-state index contributed by atoms with van der Waals surface area (Å²) in [6.07, 6.45) is 7.57. The lowest BCUT2D eigenvalue weighted by atomic mass is 9.89. The van der Waals surface area contributed by atoms with Crippen LogP contribution >= 0.6 is 0 Å². The highest BCUT2D eigenvalue weighted by molar-refractivity contribution is 5.76. The first-order chi connectivity index (χ1) is 9.17. The van der Waals surface area contributed by atoms with Crippen LogP contribution in [0, 0.1) is 11.8 Å². The van der Waals surface area contributed by atoms with Gasteiger partial charge in [-0.1, -0.05) is 6.92 Å². The van der Waals surface area contributed by atoms with Gasteiger partial charge in [-0.3, -0.25) is 4.79 Å². The standard InChI is InChI=1S/C15H28N2O2/c1-11(10-18)3-2-6-16-15(19)9-12-7-13-4-5-14(8-12)17-13/h11-14,17-18H,2-10H2,1H3,(H,16,19). The van der Waals surface area contributed by atoms with E-state index in [4.69, 9.17) is 5.11 Å². The molecule has 0 aromatic heterocycles. The van der Waals surface area contributed by atoms with E-state index in [0.717, 1.165) is 19.4 Å². The Hall–Kier alpha value is -0.610. The second kappa shape index (κ2) is 7.25. The Labute approximate surface area is 116 Å². The average Bonchev–Trinajstić information content (AvgIpc) is 2.73. The zero-order chi connectivity index (χ0) is 13.7. The number of aliphatic hydroxyl groups is 1. The first kappa shape index (κ1) is 14.8. The van der Waals surface area contributed by atoms with Crippen molar-refractivity contribution >= 4 is 5.91 Å². The van der Waals surface area contributed by atoms with Crippen molar-refractivity contribution in [3.05, 3.63) is 0 Å². The number of carbonyl (C=O) groups is 1. The van der Waals surface area contributed by atoms with E-state index in [-0.39, 0.29) is 12.5 Å². The van der Waals surface area contributed by atoms with Crippen molar-refractivity contribution in [2.75, 3.05) is 13.2 Å². The van der Waals surface area contributed by atoms with Crippen LogP contribution in [-0.4, -0.2) is 36.2 Å². The van der Waals surface area contributed by atoms with E-state index in [1.54, 1.807) is 0 Å². The Morgan fingerprint density at radius 2 is 2.05 bits per heavy atom.